The van der Waals surface area contributed by atoms with Crippen molar-refractivity contribution in [2.75, 3.05) is 12.3 Å². The molecule has 2 rings (SSSR count). The number of nitrogens with one attached hydrogen (secondary N) is 2. The fourth-order valence-corrected chi connectivity index (χ4v) is 1.58. The number of hydrogen-bond acceptors (Lipinski definition) is 3. The van der Waals surface area contributed by atoms with Gasteiger partial charge in [-0.1, -0.05) is 0 Å². The molecule has 0 unspecified atom stereocenters. The summed E-state index contributed by atoms with van der Waals surface area (Å²) < 4.78 is 25.9. The first-order valence-corrected chi connectivity index (χ1v) is 5.59. The lowest BCUT2D eigenvalue weighted by Gasteiger charge is -2.07. The lowest BCUT2D eigenvalue weighted by molar-refractivity contribution is 0.0954. The number of hydrogen-bond donors (Lipinski definition) is 3. The van der Waals surface area contributed by atoms with Crippen LogP contribution in [0.15, 0.2) is 24.5 Å². The number of amides is 1. The lowest BCUT2D eigenvalue weighted by Crippen LogP contribution is -2.27. The zero-order chi connectivity index (χ0) is 13.8. The van der Waals surface area contributed by atoms with Crippen molar-refractivity contribution in [3.63, 3.8) is 0 Å². The number of rotatable bonds is 4. The van der Waals surface area contributed by atoms with E-state index in [1.54, 1.807) is 12.4 Å². The highest BCUT2D eigenvalue weighted by Crippen LogP contribution is 2.16. The van der Waals surface area contributed by atoms with E-state index < -0.39 is 17.5 Å². The molecule has 100 valence electrons. The number of carbonyl (C=O) groups excluding carboxylic acids is 1. The predicted molar refractivity (Wildman–Crippen MR) is 65.4 cm³/mol. The van der Waals surface area contributed by atoms with Crippen LogP contribution in [0.25, 0.3) is 0 Å². The topological polar surface area (TPSA) is 83.8 Å². The summed E-state index contributed by atoms with van der Waals surface area (Å²) in [5.74, 6) is -2.02. The van der Waals surface area contributed by atoms with Gasteiger partial charge in [-0.05, 0) is 6.07 Å². The molecule has 1 aromatic carbocycles. The molecule has 2 aromatic rings. The SMILES string of the molecule is Nc1cc(F)c(F)cc1C(=O)NCCc1ncc[nH]1. The van der Waals surface area contributed by atoms with Gasteiger partial charge in [0.25, 0.3) is 5.91 Å². The molecule has 0 spiro atoms. The number of nitrogen functional groups attached to an aromatic ring is 1. The second-order valence-electron chi connectivity index (χ2n) is 3.90. The number of nitrogens with zero attached hydrogens (tertiary/aromatic N) is 1. The zero-order valence-electron chi connectivity index (χ0n) is 9.91. The molecule has 0 aliphatic carbocycles. The maximum Gasteiger partial charge on any atom is 0.253 e. The van der Waals surface area contributed by atoms with Crippen molar-refractivity contribution in [2.45, 2.75) is 6.42 Å². The van der Waals surface area contributed by atoms with E-state index in [9.17, 15) is 13.6 Å². The molecule has 0 atom stereocenters. The number of anilines is 1. The molecule has 4 N–H and O–H groups in total. The van der Waals surface area contributed by atoms with Crippen molar-refractivity contribution in [2.24, 2.45) is 0 Å². The molecule has 0 saturated carbocycles. The molecule has 0 fully saturated rings. The molecule has 0 aliphatic rings. The Balaban J connectivity index is 1.98. The highest BCUT2D eigenvalue weighted by molar-refractivity contribution is 5.99. The van der Waals surface area contributed by atoms with Gasteiger partial charge in [-0.3, -0.25) is 4.79 Å². The van der Waals surface area contributed by atoms with Crippen molar-refractivity contribution in [3.05, 3.63) is 47.5 Å². The molecule has 0 bridgehead atoms. The van der Waals surface area contributed by atoms with Crippen LogP contribution in [-0.2, 0) is 6.42 Å². The third-order valence-electron chi connectivity index (χ3n) is 2.54. The smallest absolute Gasteiger partial charge is 0.253 e. The van der Waals surface area contributed by atoms with Crippen molar-refractivity contribution in [3.8, 4) is 0 Å². The maximum absolute atomic E-state index is 13.0. The molecule has 0 radical (unpaired) electrons. The average molecular weight is 266 g/mol. The fourth-order valence-electron chi connectivity index (χ4n) is 1.58. The number of nitrogens with two attached hydrogens (primary N) is 1. The Morgan fingerprint density at radius 3 is 2.79 bits per heavy atom. The van der Waals surface area contributed by atoms with E-state index in [0.717, 1.165) is 18.0 Å². The molecule has 1 amide bonds. The summed E-state index contributed by atoms with van der Waals surface area (Å²) in [6, 6.07) is 1.57. The average Bonchev–Trinajstić information content (AvgIpc) is 2.86. The lowest BCUT2D eigenvalue weighted by atomic mass is 10.1. The van der Waals surface area contributed by atoms with E-state index in [0.29, 0.717) is 13.0 Å². The minimum Gasteiger partial charge on any atom is -0.398 e. The maximum atomic E-state index is 13.0. The summed E-state index contributed by atoms with van der Waals surface area (Å²) in [6.45, 7) is 0.310. The van der Waals surface area contributed by atoms with Crippen LogP contribution < -0.4 is 11.1 Å². The van der Waals surface area contributed by atoms with E-state index in [2.05, 4.69) is 15.3 Å². The predicted octanol–water partition coefficient (Wildman–Crippen LogP) is 1.24. The van der Waals surface area contributed by atoms with Gasteiger partial charge < -0.3 is 16.0 Å². The molecule has 7 heteroatoms. The first-order valence-electron chi connectivity index (χ1n) is 5.59. The van der Waals surface area contributed by atoms with Gasteiger partial charge in [0.05, 0.1) is 5.56 Å². The van der Waals surface area contributed by atoms with Crippen LogP contribution in [0.4, 0.5) is 14.5 Å². The third kappa shape index (κ3) is 3.06. The molecule has 19 heavy (non-hydrogen) atoms. The number of imidazole rings is 1. The molecule has 1 aromatic heterocycles. The van der Waals surface area contributed by atoms with E-state index in [1.807, 2.05) is 0 Å². The van der Waals surface area contributed by atoms with Gasteiger partial charge in [0.2, 0.25) is 0 Å². The molecule has 0 aliphatic heterocycles. The second kappa shape index (κ2) is 5.47. The van der Waals surface area contributed by atoms with Crippen LogP contribution in [0.1, 0.15) is 16.2 Å². The number of aromatic nitrogens is 2. The van der Waals surface area contributed by atoms with Crippen LogP contribution in [0, 0.1) is 11.6 Å². The van der Waals surface area contributed by atoms with Gasteiger partial charge in [-0.15, -0.1) is 0 Å². The summed E-state index contributed by atoms with van der Waals surface area (Å²) in [5, 5.41) is 2.56. The van der Waals surface area contributed by atoms with Crippen molar-refractivity contribution < 1.29 is 13.6 Å². The summed E-state index contributed by atoms with van der Waals surface area (Å²) in [5.41, 5.74) is 5.28. The van der Waals surface area contributed by atoms with E-state index >= 15 is 0 Å². The van der Waals surface area contributed by atoms with Gasteiger partial charge in [0.1, 0.15) is 5.82 Å². The Bertz CT molecular complexity index is 584. The minimum absolute atomic E-state index is 0.0849. The first-order chi connectivity index (χ1) is 9.08. The summed E-state index contributed by atoms with van der Waals surface area (Å²) in [4.78, 5) is 18.6. The minimum atomic E-state index is -1.11. The quantitative estimate of drug-likeness (QED) is 0.728. The second-order valence-corrected chi connectivity index (χ2v) is 3.90. The Labute approximate surface area is 107 Å². The number of H-pyrrole nitrogens is 1. The van der Waals surface area contributed by atoms with Crippen LogP contribution in [0.5, 0.6) is 0 Å². The summed E-state index contributed by atoms with van der Waals surface area (Å²) in [7, 11) is 0. The largest absolute Gasteiger partial charge is 0.398 e. The standard InChI is InChI=1S/C12H12F2N4O/c13-8-5-7(10(15)6-9(8)14)12(19)18-2-1-11-16-3-4-17-11/h3-6H,1-2,15H2,(H,16,17)(H,18,19). The van der Waals surface area contributed by atoms with E-state index in [-0.39, 0.29) is 11.3 Å². The number of aromatic amines is 1. The molecule has 0 saturated heterocycles. The van der Waals surface area contributed by atoms with Gasteiger partial charge in [-0.2, -0.15) is 0 Å². The monoisotopic (exact) mass is 266 g/mol. The molecular formula is C12H12F2N4O. The van der Waals surface area contributed by atoms with Gasteiger partial charge in [0.15, 0.2) is 11.6 Å². The van der Waals surface area contributed by atoms with Crippen LogP contribution in [0.2, 0.25) is 0 Å². The number of benzene rings is 1. The van der Waals surface area contributed by atoms with E-state index in [1.165, 1.54) is 0 Å². The normalized spacial score (nSPS) is 10.4. The van der Waals surface area contributed by atoms with Crippen LogP contribution in [0.3, 0.4) is 0 Å². The Morgan fingerprint density at radius 2 is 2.11 bits per heavy atom. The molecule has 5 nitrogen and oxygen atoms in total. The zero-order valence-corrected chi connectivity index (χ0v) is 9.91. The number of carbonyl (C=O) groups is 1. The van der Waals surface area contributed by atoms with Crippen molar-refractivity contribution >= 4 is 11.6 Å². The summed E-state index contributed by atoms with van der Waals surface area (Å²) in [6.07, 6.45) is 3.78. The third-order valence-corrected chi connectivity index (χ3v) is 2.54. The Morgan fingerprint density at radius 1 is 1.37 bits per heavy atom. The van der Waals surface area contributed by atoms with Gasteiger partial charge in [0, 0.05) is 37.1 Å². The first kappa shape index (κ1) is 13.0. The molecule has 1 heterocycles. The number of halogens is 2. The fraction of sp³-hybridized carbons (Fsp3) is 0.167. The highest BCUT2D eigenvalue weighted by Gasteiger charge is 2.13. The van der Waals surface area contributed by atoms with Crippen molar-refractivity contribution in [1.29, 1.82) is 0 Å². The Hall–Kier alpha value is -2.44. The van der Waals surface area contributed by atoms with Crippen LogP contribution >= 0.6 is 0 Å². The van der Waals surface area contributed by atoms with Crippen LogP contribution in [-0.4, -0.2) is 22.4 Å². The van der Waals surface area contributed by atoms with Gasteiger partial charge in [-0.25, -0.2) is 13.8 Å². The summed E-state index contributed by atoms with van der Waals surface area (Å²) >= 11 is 0. The van der Waals surface area contributed by atoms with E-state index in [4.69, 9.17) is 5.73 Å². The Kier molecular flexibility index (Phi) is 3.74. The molecular weight excluding hydrogens is 254 g/mol. The van der Waals surface area contributed by atoms with Crippen molar-refractivity contribution in [1.82, 2.24) is 15.3 Å². The highest BCUT2D eigenvalue weighted by atomic mass is 19.2. The van der Waals surface area contributed by atoms with Gasteiger partial charge >= 0.3 is 0 Å².